The molecule has 0 atom stereocenters. The first-order chi connectivity index (χ1) is 9.19. The molecule has 1 aliphatic rings. The highest BCUT2D eigenvalue weighted by Gasteiger charge is 2.21. The maximum absolute atomic E-state index is 11.3. The van der Waals surface area contributed by atoms with Crippen LogP contribution in [0.15, 0.2) is 24.3 Å². The molecular formula is C15H18O4. The maximum atomic E-state index is 11.3. The van der Waals surface area contributed by atoms with Crippen LogP contribution in [0, 0.1) is 0 Å². The lowest BCUT2D eigenvalue weighted by Crippen LogP contribution is -2.24. The highest BCUT2D eigenvalue weighted by atomic mass is 16.5. The summed E-state index contributed by atoms with van der Waals surface area (Å²) in [5.74, 6) is 0.741. The van der Waals surface area contributed by atoms with Gasteiger partial charge in [0.25, 0.3) is 0 Å². The monoisotopic (exact) mass is 262 g/mol. The van der Waals surface area contributed by atoms with Gasteiger partial charge in [-0.3, -0.25) is 9.59 Å². The molecule has 1 saturated carbocycles. The lowest BCUT2D eigenvalue weighted by Gasteiger charge is -2.23. The van der Waals surface area contributed by atoms with Crippen molar-refractivity contribution >= 4 is 11.8 Å². The van der Waals surface area contributed by atoms with Gasteiger partial charge in [-0.25, -0.2) is 0 Å². The predicted molar refractivity (Wildman–Crippen MR) is 70.1 cm³/mol. The number of carbonyl (C=O) groups is 2. The Morgan fingerprint density at radius 1 is 1.26 bits per heavy atom. The number of ketones is 1. The molecule has 1 aromatic rings. The Bertz CT molecular complexity index is 457. The molecule has 4 nitrogen and oxygen atoms in total. The van der Waals surface area contributed by atoms with Crippen LogP contribution >= 0.6 is 0 Å². The lowest BCUT2D eigenvalue weighted by atomic mass is 9.96. The van der Waals surface area contributed by atoms with Crippen molar-refractivity contribution in [1.82, 2.24) is 0 Å². The number of methoxy groups -OCH3 is 1. The lowest BCUT2D eigenvalue weighted by molar-refractivity contribution is -0.139. The molecule has 2 rings (SSSR count). The van der Waals surface area contributed by atoms with Gasteiger partial charge in [-0.2, -0.15) is 0 Å². The Hall–Kier alpha value is -1.84. The standard InChI is InChI=1S/C15H18O4/c1-18-15(17)10-11-4-2-3-5-14(11)19-13-8-6-12(16)7-9-13/h2-5,13H,6-10H2,1H3. The molecule has 0 heterocycles. The summed E-state index contributed by atoms with van der Waals surface area (Å²) in [5.41, 5.74) is 0.825. The summed E-state index contributed by atoms with van der Waals surface area (Å²) in [7, 11) is 1.37. The summed E-state index contributed by atoms with van der Waals surface area (Å²) in [5, 5.41) is 0. The zero-order valence-corrected chi connectivity index (χ0v) is 11.1. The van der Waals surface area contributed by atoms with E-state index in [1.165, 1.54) is 7.11 Å². The van der Waals surface area contributed by atoms with Crippen LogP contribution in [0.25, 0.3) is 0 Å². The maximum Gasteiger partial charge on any atom is 0.310 e. The van der Waals surface area contributed by atoms with Gasteiger partial charge < -0.3 is 9.47 Å². The molecule has 102 valence electrons. The summed E-state index contributed by atoms with van der Waals surface area (Å²) in [6.07, 6.45) is 2.96. The van der Waals surface area contributed by atoms with E-state index in [1.54, 1.807) is 0 Å². The van der Waals surface area contributed by atoms with Gasteiger partial charge in [0.05, 0.1) is 19.6 Å². The van der Waals surface area contributed by atoms with Gasteiger partial charge in [-0.15, -0.1) is 0 Å². The van der Waals surface area contributed by atoms with Gasteiger partial charge in [0.15, 0.2) is 0 Å². The van der Waals surface area contributed by atoms with Gasteiger partial charge >= 0.3 is 5.97 Å². The smallest absolute Gasteiger partial charge is 0.310 e. The second kappa shape index (κ2) is 6.36. The molecule has 4 heteroatoms. The first-order valence-corrected chi connectivity index (χ1v) is 6.52. The molecule has 1 aliphatic carbocycles. The average molecular weight is 262 g/mol. The van der Waals surface area contributed by atoms with Crippen LogP contribution in [0.5, 0.6) is 5.75 Å². The van der Waals surface area contributed by atoms with Crippen molar-refractivity contribution in [3.63, 3.8) is 0 Å². The fourth-order valence-electron chi connectivity index (χ4n) is 2.20. The summed E-state index contributed by atoms with van der Waals surface area (Å²) >= 11 is 0. The predicted octanol–water partition coefficient (Wildman–Crippen LogP) is 2.29. The molecule has 0 amide bonds. The molecule has 0 spiro atoms. The Balaban J connectivity index is 2.03. The van der Waals surface area contributed by atoms with E-state index in [-0.39, 0.29) is 18.5 Å². The number of esters is 1. The van der Waals surface area contributed by atoms with Crippen LogP contribution in [-0.4, -0.2) is 25.0 Å². The Labute approximate surface area is 112 Å². The molecule has 0 radical (unpaired) electrons. The summed E-state index contributed by atoms with van der Waals surface area (Å²) in [6, 6.07) is 7.47. The van der Waals surface area contributed by atoms with E-state index in [1.807, 2.05) is 24.3 Å². The second-order valence-corrected chi connectivity index (χ2v) is 4.72. The summed E-state index contributed by atoms with van der Waals surface area (Å²) < 4.78 is 10.6. The molecule has 0 bridgehead atoms. The SMILES string of the molecule is COC(=O)Cc1ccccc1OC1CCC(=O)CC1. The third kappa shape index (κ3) is 3.81. The molecule has 19 heavy (non-hydrogen) atoms. The largest absolute Gasteiger partial charge is 0.490 e. The van der Waals surface area contributed by atoms with Gasteiger partial charge in [-0.1, -0.05) is 18.2 Å². The topological polar surface area (TPSA) is 52.6 Å². The summed E-state index contributed by atoms with van der Waals surface area (Å²) in [6.45, 7) is 0. The van der Waals surface area contributed by atoms with Crippen LogP contribution in [0.2, 0.25) is 0 Å². The van der Waals surface area contributed by atoms with Crippen LogP contribution in [0.3, 0.4) is 0 Å². The molecule has 0 saturated heterocycles. The molecular weight excluding hydrogens is 244 g/mol. The number of ether oxygens (including phenoxy) is 2. The molecule has 0 N–H and O–H groups in total. The van der Waals surface area contributed by atoms with Gasteiger partial charge in [0.2, 0.25) is 0 Å². The van der Waals surface area contributed by atoms with Crippen LogP contribution in [0.1, 0.15) is 31.2 Å². The van der Waals surface area contributed by atoms with E-state index in [0.29, 0.717) is 24.4 Å². The number of benzene rings is 1. The minimum absolute atomic E-state index is 0.0662. The molecule has 1 aromatic carbocycles. The van der Waals surface area contributed by atoms with E-state index < -0.39 is 0 Å². The van der Waals surface area contributed by atoms with Crippen molar-refractivity contribution < 1.29 is 19.1 Å². The number of hydrogen-bond acceptors (Lipinski definition) is 4. The number of rotatable bonds is 4. The first-order valence-electron chi connectivity index (χ1n) is 6.52. The third-order valence-corrected chi connectivity index (χ3v) is 3.32. The van der Waals surface area contributed by atoms with E-state index in [0.717, 1.165) is 18.4 Å². The van der Waals surface area contributed by atoms with Crippen molar-refractivity contribution in [2.24, 2.45) is 0 Å². The minimum Gasteiger partial charge on any atom is -0.490 e. The first kappa shape index (κ1) is 13.6. The van der Waals surface area contributed by atoms with Gasteiger partial charge in [0.1, 0.15) is 11.5 Å². The quantitative estimate of drug-likeness (QED) is 0.781. The number of carbonyl (C=O) groups excluding carboxylic acids is 2. The molecule has 1 fully saturated rings. The van der Waals surface area contributed by atoms with E-state index >= 15 is 0 Å². The second-order valence-electron chi connectivity index (χ2n) is 4.72. The van der Waals surface area contributed by atoms with Gasteiger partial charge in [-0.05, 0) is 18.9 Å². The van der Waals surface area contributed by atoms with Crippen LogP contribution in [0.4, 0.5) is 0 Å². The number of hydrogen-bond donors (Lipinski definition) is 0. The van der Waals surface area contributed by atoms with Crippen molar-refractivity contribution in [1.29, 1.82) is 0 Å². The number of para-hydroxylation sites is 1. The van der Waals surface area contributed by atoms with E-state index in [9.17, 15) is 9.59 Å². The fraction of sp³-hybridized carbons (Fsp3) is 0.467. The van der Waals surface area contributed by atoms with Crippen molar-refractivity contribution in [3.8, 4) is 5.75 Å². The average Bonchev–Trinajstić information content (AvgIpc) is 2.43. The highest BCUT2D eigenvalue weighted by molar-refractivity contribution is 5.79. The van der Waals surface area contributed by atoms with Crippen LogP contribution in [-0.2, 0) is 20.7 Å². The van der Waals surface area contributed by atoms with Crippen molar-refractivity contribution in [2.75, 3.05) is 7.11 Å². The van der Waals surface area contributed by atoms with Crippen molar-refractivity contribution in [2.45, 2.75) is 38.2 Å². The van der Waals surface area contributed by atoms with Gasteiger partial charge in [0, 0.05) is 18.4 Å². The zero-order chi connectivity index (χ0) is 13.7. The molecule has 0 aromatic heterocycles. The van der Waals surface area contributed by atoms with E-state index in [4.69, 9.17) is 4.74 Å². The Kier molecular flexibility index (Phi) is 4.55. The van der Waals surface area contributed by atoms with Crippen molar-refractivity contribution in [3.05, 3.63) is 29.8 Å². The molecule has 0 aliphatic heterocycles. The highest BCUT2D eigenvalue weighted by Crippen LogP contribution is 2.25. The van der Waals surface area contributed by atoms with E-state index in [2.05, 4.69) is 4.74 Å². The number of Topliss-reactive ketones (excluding diaryl/α,β-unsaturated/α-hetero) is 1. The Morgan fingerprint density at radius 3 is 2.63 bits per heavy atom. The third-order valence-electron chi connectivity index (χ3n) is 3.32. The fourth-order valence-corrected chi connectivity index (χ4v) is 2.20. The molecule has 0 unspecified atom stereocenters. The zero-order valence-electron chi connectivity index (χ0n) is 11.1. The van der Waals surface area contributed by atoms with Crippen LogP contribution < -0.4 is 4.74 Å². The summed E-state index contributed by atoms with van der Waals surface area (Å²) in [4.78, 5) is 22.5. The minimum atomic E-state index is -0.283. The normalized spacial score (nSPS) is 16.2. The Morgan fingerprint density at radius 2 is 1.95 bits per heavy atom.